The summed E-state index contributed by atoms with van der Waals surface area (Å²) in [6.45, 7) is 5.00. The molecule has 0 aromatic heterocycles. The Labute approximate surface area is 151 Å². The van der Waals surface area contributed by atoms with Gasteiger partial charge in [0, 0.05) is 23.1 Å². The Hall–Kier alpha value is -1.56. The first-order valence-electron chi connectivity index (χ1n) is 7.98. The van der Waals surface area contributed by atoms with E-state index in [0.29, 0.717) is 18.8 Å². The minimum Gasteiger partial charge on any atom is -0.493 e. The number of benzene rings is 2. The van der Waals surface area contributed by atoms with Crippen molar-refractivity contribution in [1.29, 1.82) is 0 Å². The lowest BCUT2D eigenvalue weighted by atomic mass is 10.1. The van der Waals surface area contributed by atoms with Gasteiger partial charge in [-0.25, -0.2) is 0 Å². The van der Waals surface area contributed by atoms with Gasteiger partial charge in [0.05, 0.1) is 19.3 Å². The topological polar surface area (TPSA) is 50.7 Å². The van der Waals surface area contributed by atoms with Gasteiger partial charge in [0.1, 0.15) is 0 Å². The van der Waals surface area contributed by atoms with E-state index in [1.807, 2.05) is 56.3 Å². The van der Waals surface area contributed by atoms with E-state index >= 15 is 0 Å². The normalized spacial score (nSPS) is 12.2. The molecule has 0 saturated heterocycles. The molecule has 2 aromatic carbocycles. The van der Waals surface area contributed by atoms with Crippen LogP contribution in [0.3, 0.4) is 0 Å². The van der Waals surface area contributed by atoms with E-state index in [-0.39, 0.29) is 6.10 Å². The highest BCUT2D eigenvalue weighted by Gasteiger charge is 2.15. The monoisotopic (exact) mass is 393 g/mol. The average molecular weight is 394 g/mol. The van der Waals surface area contributed by atoms with Crippen LogP contribution in [-0.4, -0.2) is 24.9 Å². The Kier molecular flexibility index (Phi) is 7.09. The Morgan fingerprint density at radius 2 is 1.88 bits per heavy atom. The van der Waals surface area contributed by atoms with Gasteiger partial charge in [-0.1, -0.05) is 46.3 Å². The molecule has 0 aliphatic heterocycles. The molecule has 0 aliphatic carbocycles. The molecule has 24 heavy (non-hydrogen) atoms. The van der Waals surface area contributed by atoms with Gasteiger partial charge in [-0.05, 0) is 31.5 Å². The van der Waals surface area contributed by atoms with Gasteiger partial charge in [0.2, 0.25) is 0 Å². The highest BCUT2D eigenvalue weighted by Crippen LogP contribution is 2.35. The molecule has 0 saturated carbocycles. The highest BCUT2D eigenvalue weighted by atomic mass is 79.9. The lowest BCUT2D eigenvalue weighted by Crippen LogP contribution is -2.22. The Balaban J connectivity index is 2.07. The zero-order chi connectivity index (χ0) is 17.5. The van der Waals surface area contributed by atoms with Gasteiger partial charge in [0.25, 0.3) is 0 Å². The number of methoxy groups -OCH3 is 1. The van der Waals surface area contributed by atoms with Crippen molar-refractivity contribution in [3.05, 3.63) is 58.1 Å². The van der Waals surface area contributed by atoms with Crippen LogP contribution in [0.25, 0.3) is 0 Å². The SMILES string of the molecule is COc1cc(Br)cc(CNC[C@@H](O)c2ccccc2)c1OC(C)C. The molecular weight excluding hydrogens is 370 g/mol. The Morgan fingerprint density at radius 1 is 1.17 bits per heavy atom. The van der Waals surface area contributed by atoms with E-state index in [0.717, 1.165) is 21.3 Å². The number of ether oxygens (including phenoxy) is 2. The van der Waals surface area contributed by atoms with Crippen molar-refractivity contribution in [2.24, 2.45) is 0 Å². The molecule has 2 aromatic rings. The third kappa shape index (κ3) is 5.23. The molecule has 0 amide bonds. The lowest BCUT2D eigenvalue weighted by molar-refractivity contribution is 0.173. The van der Waals surface area contributed by atoms with Crippen molar-refractivity contribution in [1.82, 2.24) is 5.32 Å². The summed E-state index contributed by atoms with van der Waals surface area (Å²) in [5, 5.41) is 13.5. The van der Waals surface area contributed by atoms with Gasteiger partial charge in [-0.2, -0.15) is 0 Å². The second-order valence-electron chi connectivity index (χ2n) is 5.82. The van der Waals surface area contributed by atoms with Crippen molar-refractivity contribution in [2.45, 2.75) is 32.6 Å². The second kappa shape index (κ2) is 9.06. The van der Waals surface area contributed by atoms with Crippen LogP contribution in [0.5, 0.6) is 11.5 Å². The second-order valence-corrected chi connectivity index (χ2v) is 6.74. The van der Waals surface area contributed by atoms with Crippen molar-refractivity contribution in [2.75, 3.05) is 13.7 Å². The molecule has 0 unspecified atom stereocenters. The first-order chi connectivity index (χ1) is 11.5. The summed E-state index contributed by atoms with van der Waals surface area (Å²) in [4.78, 5) is 0. The number of hydrogen-bond donors (Lipinski definition) is 2. The summed E-state index contributed by atoms with van der Waals surface area (Å²) < 4.78 is 12.3. The third-order valence-corrected chi connectivity index (χ3v) is 3.97. The number of halogens is 1. The highest BCUT2D eigenvalue weighted by molar-refractivity contribution is 9.10. The first kappa shape index (κ1) is 18.8. The van der Waals surface area contributed by atoms with Crippen molar-refractivity contribution >= 4 is 15.9 Å². The van der Waals surface area contributed by atoms with Crippen molar-refractivity contribution in [3.63, 3.8) is 0 Å². The van der Waals surface area contributed by atoms with Crippen LogP contribution in [0.4, 0.5) is 0 Å². The van der Waals surface area contributed by atoms with Gasteiger partial charge >= 0.3 is 0 Å². The molecule has 130 valence electrons. The summed E-state index contributed by atoms with van der Waals surface area (Å²) in [6.07, 6.45) is -0.497. The van der Waals surface area contributed by atoms with Crippen LogP contribution >= 0.6 is 15.9 Å². The molecule has 0 fully saturated rings. The molecule has 5 heteroatoms. The van der Waals surface area contributed by atoms with Gasteiger partial charge < -0.3 is 19.9 Å². The Bertz CT molecular complexity index is 647. The number of nitrogens with one attached hydrogen (secondary N) is 1. The van der Waals surface area contributed by atoms with Crippen LogP contribution < -0.4 is 14.8 Å². The number of hydrogen-bond acceptors (Lipinski definition) is 4. The van der Waals surface area contributed by atoms with E-state index in [9.17, 15) is 5.11 Å². The van der Waals surface area contributed by atoms with E-state index < -0.39 is 6.10 Å². The average Bonchev–Trinajstić information content (AvgIpc) is 2.57. The quantitative estimate of drug-likeness (QED) is 0.709. The van der Waals surface area contributed by atoms with E-state index in [2.05, 4.69) is 21.2 Å². The van der Waals surface area contributed by atoms with Crippen LogP contribution in [0.15, 0.2) is 46.9 Å². The number of aliphatic hydroxyl groups is 1. The summed E-state index contributed by atoms with van der Waals surface area (Å²) >= 11 is 3.50. The molecule has 0 spiro atoms. The first-order valence-corrected chi connectivity index (χ1v) is 8.77. The van der Waals surface area contributed by atoms with E-state index in [1.165, 1.54) is 0 Å². The summed E-state index contributed by atoms with van der Waals surface area (Å²) in [5.74, 6) is 1.43. The minimum atomic E-state index is -0.547. The molecule has 2 rings (SSSR count). The predicted octanol–water partition coefficient (Wildman–Crippen LogP) is 4.07. The maximum absolute atomic E-state index is 10.2. The van der Waals surface area contributed by atoms with Crippen LogP contribution in [0, 0.1) is 0 Å². The summed E-state index contributed by atoms with van der Waals surface area (Å²) in [6, 6.07) is 13.5. The van der Waals surface area contributed by atoms with Crippen molar-refractivity contribution < 1.29 is 14.6 Å². The molecule has 0 heterocycles. The predicted molar refractivity (Wildman–Crippen MR) is 99.6 cm³/mol. The summed E-state index contributed by atoms with van der Waals surface area (Å²) in [5.41, 5.74) is 1.88. The molecule has 0 aliphatic rings. The van der Waals surface area contributed by atoms with Gasteiger partial charge in [0.15, 0.2) is 11.5 Å². The molecule has 2 N–H and O–H groups in total. The number of rotatable bonds is 8. The summed E-state index contributed by atoms with van der Waals surface area (Å²) in [7, 11) is 1.63. The fraction of sp³-hybridized carbons (Fsp3) is 0.368. The Morgan fingerprint density at radius 3 is 2.50 bits per heavy atom. The standard InChI is InChI=1S/C19H24BrNO3/c1-13(2)24-19-15(9-16(20)10-18(19)23-3)11-21-12-17(22)14-7-5-4-6-8-14/h4-10,13,17,21-22H,11-12H2,1-3H3/t17-/m1/s1. The zero-order valence-corrected chi connectivity index (χ0v) is 15.8. The smallest absolute Gasteiger partial charge is 0.166 e. The molecule has 0 radical (unpaired) electrons. The molecule has 4 nitrogen and oxygen atoms in total. The van der Waals surface area contributed by atoms with Crippen molar-refractivity contribution in [3.8, 4) is 11.5 Å². The molecule has 0 bridgehead atoms. The van der Waals surface area contributed by atoms with E-state index in [1.54, 1.807) is 7.11 Å². The van der Waals surface area contributed by atoms with Gasteiger partial charge in [-0.15, -0.1) is 0 Å². The van der Waals surface area contributed by atoms with E-state index in [4.69, 9.17) is 9.47 Å². The van der Waals surface area contributed by atoms with Gasteiger partial charge in [-0.3, -0.25) is 0 Å². The fourth-order valence-electron chi connectivity index (χ4n) is 2.41. The largest absolute Gasteiger partial charge is 0.493 e. The van der Waals surface area contributed by atoms with Crippen LogP contribution in [0.1, 0.15) is 31.1 Å². The zero-order valence-electron chi connectivity index (χ0n) is 14.3. The molecular formula is C19H24BrNO3. The third-order valence-electron chi connectivity index (χ3n) is 3.51. The lowest BCUT2D eigenvalue weighted by Gasteiger charge is -2.19. The van der Waals surface area contributed by atoms with Crippen LogP contribution in [-0.2, 0) is 6.54 Å². The molecule has 1 atom stereocenters. The maximum atomic E-state index is 10.2. The maximum Gasteiger partial charge on any atom is 0.166 e. The number of aliphatic hydroxyl groups excluding tert-OH is 1. The minimum absolute atomic E-state index is 0.0498. The fourth-order valence-corrected chi connectivity index (χ4v) is 2.90. The van der Waals surface area contributed by atoms with Crippen LogP contribution in [0.2, 0.25) is 0 Å².